The zero-order valence-corrected chi connectivity index (χ0v) is 19.8. The Hall–Kier alpha value is -2.77. The third-order valence-electron chi connectivity index (χ3n) is 4.38. The summed E-state index contributed by atoms with van der Waals surface area (Å²) >= 11 is 0. The molecule has 1 atom stereocenters. The molecule has 174 valence electrons. The topological polar surface area (TPSA) is 104 Å². The quantitative estimate of drug-likeness (QED) is 0.335. The lowest BCUT2D eigenvalue weighted by Gasteiger charge is -2.24. The molecule has 0 saturated heterocycles. The van der Waals surface area contributed by atoms with Gasteiger partial charge in [-0.25, -0.2) is 4.79 Å². The highest BCUT2D eigenvalue weighted by Gasteiger charge is 2.18. The van der Waals surface area contributed by atoms with Crippen molar-refractivity contribution in [2.24, 2.45) is 4.99 Å². The molecule has 0 aliphatic heterocycles. The van der Waals surface area contributed by atoms with E-state index in [1.165, 1.54) is 0 Å². The van der Waals surface area contributed by atoms with Crippen LogP contribution in [-0.4, -0.2) is 49.7 Å². The van der Waals surface area contributed by atoms with Crippen molar-refractivity contribution < 1.29 is 14.3 Å². The van der Waals surface area contributed by atoms with Crippen LogP contribution in [0.5, 0.6) is 0 Å². The molecule has 8 nitrogen and oxygen atoms in total. The average molecular weight is 434 g/mol. The van der Waals surface area contributed by atoms with Crippen LogP contribution in [0.3, 0.4) is 0 Å². The molecule has 0 aromatic heterocycles. The Kier molecular flexibility index (Phi) is 11.5. The molecule has 4 N–H and O–H groups in total. The van der Waals surface area contributed by atoms with E-state index in [-0.39, 0.29) is 11.9 Å². The molecule has 0 aliphatic carbocycles. The summed E-state index contributed by atoms with van der Waals surface area (Å²) in [4.78, 5) is 28.1. The van der Waals surface area contributed by atoms with Crippen molar-refractivity contribution in [3.63, 3.8) is 0 Å². The van der Waals surface area contributed by atoms with Gasteiger partial charge in [-0.3, -0.25) is 9.79 Å². The predicted molar refractivity (Wildman–Crippen MR) is 125 cm³/mol. The Bertz CT molecular complexity index is 711. The maximum absolute atomic E-state index is 12.0. The van der Waals surface area contributed by atoms with Crippen molar-refractivity contribution in [3.05, 3.63) is 35.4 Å². The summed E-state index contributed by atoms with van der Waals surface area (Å²) in [5, 5.41) is 12.3. The largest absolute Gasteiger partial charge is 0.444 e. The fourth-order valence-electron chi connectivity index (χ4n) is 2.81. The normalized spacial score (nSPS) is 12.6. The molecule has 1 unspecified atom stereocenters. The van der Waals surface area contributed by atoms with Gasteiger partial charge in [0.2, 0.25) is 0 Å². The van der Waals surface area contributed by atoms with Gasteiger partial charge < -0.3 is 26.0 Å². The van der Waals surface area contributed by atoms with Crippen LogP contribution in [0.1, 0.15) is 69.8 Å². The molecule has 0 heterocycles. The van der Waals surface area contributed by atoms with Gasteiger partial charge >= 0.3 is 6.09 Å². The number of nitrogens with zero attached hydrogens (tertiary/aromatic N) is 1. The number of carbonyl (C=O) groups is 2. The second-order valence-corrected chi connectivity index (χ2v) is 8.35. The van der Waals surface area contributed by atoms with E-state index < -0.39 is 11.7 Å². The number of alkyl carbamates (subject to hydrolysis) is 1. The SMILES string of the molecule is CCCCC(CNC(=O)OC(C)(C)C)NC(=NC)NCc1ccc(C(=O)NCC)cc1. The maximum atomic E-state index is 12.0. The second kappa shape index (κ2) is 13.5. The van der Waals surface area contributed by atoms with Gasteiger partial charge in [0, 0.05) is 38.3 Å². The number of guanidine groups is 1. The minimum Gasteiger partial charge on any atom is -0.444 e. The van der Waals surface area contributed by atoms with Crippen molar-refractivity contribution in [2.75, 3.05) is 20.1 Å². The molecular formula is C23H39N5O3. The van der Waals surface area contributed by atoms with Crippen molar-refractivity contribution in [1.82, 2.24) is 21.3 Å². The van der Waals surface area contributed by atoms with E-state index in [1.54, 1.807) is 7.05 Å². The van der Waals surface area contributed by atoms with Crippen LogP contribution in [0.4, 0.5) is 4.79 Å². The van der Waals surface area contributed by atoms with E-state index in [9.17, 15) is 9.59 Å². The minimum absolute atomic E-state index is 0.0267. The summed E-state index contributed by atoms with van der Waals surface area (Å²) in [7, 11) is 1.71. The maximum Gasteiger partial charge on any atom is 0.407 e. The number of aliphatic imine (C=N–C) groups is 1. The molecule has 0 saturated carbocycles. The van der Waals surface area contributed by atoms with Gasteiger partial charge in [0.1, 0.15) is 5.60 Å². The molecule has 8 heteroatoms. The summed E-state index contributed by atoms with van der Waals surface area (Å²) < 4.78 is 5.32. The molecular weight excluding hydrogens is 394 g/mol. The first-order valence-electron chi connectivity index (χ1n) is 11.0. The zero-order chi connectivity index (χ0) is 23.3. The fourth-order valence-corrected chi connectivity index (χ4v) is 2.81. The van der Waals surface area contributed by atoms with Crippen LogP contribution in [0.2, 0.25) is 0 Å². The summed E-state index contributed by atoms with van der Waals surface area (Å²) in [5.41, 5.74) is 1.15. The molecule has 1 aromatic carbocycles. The lowest BCUT2D eigenvalue weighted by atomic mass is 10.1. The van der Waals surface area contributed by atoms with E-state index in [4.69, 9.17) is 4.74 Å². The van der Waals surface area contributed by atoms with Gasteiger partial charge in [-0.1, -0.05) is 31.9 Å². The van der Waals surface area contributed by atoms with Crippen LogP contribution in [0, 0.1) is 0 Å². The number of unbranched alkanes of at least 4 members (excludes halogenated alkanes) is 1. The van der Waals surface area contributed by atoms with Gasteiger partial charge in [-0.15, -0.1) is 0 Å². The van der Waals surface area contributed by atoms with E-state index in [1.807, 2.05) is 52.0 Å². The monoisotopic (exact) mass is 433 g/mol. The van der Waals surface area contributed by atoms with E-state index in [0.717, 1.165) is 24.8 Å². The summed E-state index contributed by atoms with van der Waals surface area (Å²) in [5.74, 6) is 0.579. The molecule has 2 amide bonds. The number of rotatable bonds is 10. The van der Waals surface area contributed by atoms with Gasteiger partial charge in [-0.2, -0.15) is 0 Å². The number of ether oxygens (including phenoxy) is 1. The van der Waals surface area contributed by atoms with Crippen molar-refractivity contribution in [2.45, 2.75) is 72.1 Å². The van der Waals surface area contributed by atoms with Crippen molar-refractivity contribution in [3.8, 4) is 0 Å². The number of hydrogen-bond donors (Lipinski definition) is 4. The average Bonchev–Trinajstić information content (AvgIpc) is 2.71. The Morgan fingerprint density at radius 2 is 1.74 bits per heavy atom. The highest BCUT2D eigenvalue weighted by atomic mass is 16.6. The lowest BCUT2D eigenvalue weighted by molar-refractivity contribution is 0.0522. The van der Waals surface area contributed by atoms with Crippen molar-refractivity contribution >= 4 is 18.0 Å². The smallest absolute Gasteiger partial charge is 0.407 e. The zero-order valence-electron chi connectivity index (χ0n) is 19.8. The molecule has 0 fully saturated rings. The highest BCUT2D eigenvalue weighted by molar-refractivity contribution is 5.94. The minimum atomic E-state index is -0.527. The Morgan fingerprint density at radius 1 is 1.06 bits per heavy atom. The molecule has 0 radical (unpaired) electrons. The second-order valence-electron chi connectivity index (χ2n) is 8.35. The first-order valence-corrected chi connectivity index (χ1v) is 11.0. The fraction of sp³-hybridized carbons (Fsp3) is 0.609. The van der Waals surface area contributed by atoms with Crippen molar-refractivity contribution in [1.29, 1.82) is 0 Å². The standard InChI is InChI=1S/C23H39N5O3/c1-7-9-10-19(16-27-22(30)31-23(3,4)5)28-21(24-6)26-15-17-11-13-18(14-12-17)20(29)25-8-2/h11-14,19H,7-10,15-16H2,1-6H3,(H,25,29)(H,27,30)(H2,24,26,28). The van der Waals surface area contributed by atoms with Gasteiger partial charge in [0.25, 0.3) is 5.91 Å². The lowest BCUT2D eigenvalue weighted by Crippen LogP contribution is -2.48. The first kappa shape index (κ1) is 26.3. The van der Waals surface area contributed by atoms with E-state index in [0.29, 0.717) is 31.2 Å². The molecule has 0 aliphatic rings. The number of benzene rings is 1. The number of hydrogen-bond acceptors (Lipinski definition) is 4. The first-order chi connectivity index (χ1) is 14.7. The van der Waals surface area contributed by atoms with Gasteiger partial charge in [0.05, 0.1) is 0 Å². The van der Waals surface area contributed by atoms with Crippen LogP contribution in [0.15, 0.2) is 29.3 Å². The van der Waals surface area contributed by atoms with Crippen LogP contribution >= 0.6 is 0 Å². The summed E-state index contributed by atoms with van der Waals surface area (Å²) in [6.45, 7) is 11.2. The number of carbonyl (C=O) groups excluding carboxylic acids is 2. The molecule has 1 rings (SSSR count). The van der Waals surface area contributed by atoms with E-state index >= 15 is 0 Å². The Balaban J connectivity index is 2.61. The summed E-state index contributed by atoms with van der Waals surface area (Å²) in [6.07, 6.45) is 2.57. The number of nitrogens with one attached hydrogen (secondary N) is 4. The summed E-state index contributed by atoms with van der Waals surface area (Å²) in [6, 6.07) is 7.49. The molecule has 1 aromatic rings. The predicted octanol–water partition coefficient (Wildman–Crippen LogP) is 3.18. The van der Waals surface area contributed by atoms with Gasteiger partial charge in [-0.05, 0) is 51.8 Å². The van der Waals surface area contributed by atoms with Crippen LogP contribution in [0.25, 0.3) is 0 Å². The van der Waals surface area contributed by atoms with E-state index in [2.05, 4.69) is 33.2 Å². The molecule has 0 spiro atoms. The van der Waals surface area contributed by atoms with Crippen LogP contribution in [-0.2, 0) is 11.3 Å². The van der Waals surface area contributed by atoms with Gasteiger partial charge in [0.15, 0.2) is 5.96 Å². The third kappa shape index (κ3) is 11.3. The highest BCUT2D eigenvalue weighted by Crippen LogP contribution is 2.07. The molecule has 0 bridgehead atoms. The molecule has 31 heavy (non-hydrogen) atoms. The number of amides is 2. The van der Waals surface area contributed by atoms with Crippen LogP contribution < -0.4 is 21.3 Å². The third-order valence-corrected chi connectivity index (χ3v) is 4.38. The Morgan fingerprint density at radius 3 is 2.29 bits per heavy atom. The Labute approximate surface area is 186 Å².